The molecule has 1 aliphatic heterocycles. The Bertz CT molecular complexity index is 686. The van der Waals surface area contributed by atoms with Crippen molar-refractivity contribution < 1.29 is 9.18 Å². The van der Waals surface area contributed by atoms with Gasteiger partial charge in [-0.1, -0.05) is 41.7 Å². The molecule has 0 unspecified atom stereocenters. The summed E-state index contributed by atoms with van der Waals surface area (Å²) in [6.07, 6.45) is 0. The van der Waals surface area contributed by atoms with Crippen molar-refractivity contribution in [2.45, 2.75) is 6.04 Å². The maximum Gasteiger partial charge on any atom is 0.231 e. The number of halogens is 1. The molecule has 3 nitrogen and oxygen atoms in total. The molecule has 3 rings (SSSR count). The van der Waals surface area contributed by atoms with Gasteiger partial charge >= 0.3 is 0 Å². The summed E-state index contributed by atoms with van der Waals surface area (Å²) in [6.45, 7) is 0.835. The summed E-state index contributed by atoms with van der Waals surface area (Å²) in [6, 6.07) is 9.93. The fraction of sp³-hybridized carbons (Fsp3) is 0.250. The highest BCUT2D eigenvalue weighted by atomic mass is 32.2. The molecule has 23 heavy (non-hydrogen) atoms. The number of benzene rings is 1. The fourth-order valence-electron chi connectivity index (χ4n) is 2.16. The van der Waals surface area contributed by atoms with Crippen LogP contribution in [0, 0.1) is 5.82 Å². The summed E-state index contributed by atoms with van der Waals surface area (Å²) >= 11 is 4.74. The predicted molar refractivity (Wildman–Crippen MR) is 97.9 cm³/mol. The van der Waals surface area contributed by atoms with Gasteiger partial charge in [-0.15, -0.1) is 11.3 Å². The van der Waals surface area contributed by atoms with E-state index in [9.17, 15) is 9.18 Å². The van der Waals surface area contributed by atoms with Gasteiger partial charge in [0.05, 0.1) is 18.3 Å². The van der Waals surface area contributed by atoms with Crippen LogP contribution in [0.25, 0.3) is 0 Å². The fourth-order valence-corrected chi connectivity index (χ4v) is 4.79. The lowest BCUT2D eigenvalue weighted by Gasteiger charge is -2.18. The Balaban J connectivity index is 1.68. The first-order chi connectivity index (χ1) is 11.2. The van der Waals surface area contributed by atoms with Gasteiger partial charge in [-0.3, -0.25) is 9.79 Å². The largest absolute Gasteiger partial charge is 0.344 e. The number of nitrogens with one attached hydrogen (secondary N) is 1. The van der Waals surface area contributed by atoms with Crippen LogP contribution in [0.15, 0.2) is 46.8 Å². The van der Waals surface area contributed by atoms with Gasteiger partial charge in [0.1, 0.15) is 10.2 Å². The molecule has 1 amide bonds. The molecule has 0 spiro atoms. The van der Waals surface area contributed by atoms with Gasteiger partial charge in [0, 0.05) is 10.6 Å². The van der Waals surface area contributed by atoms with Crippen LogP contribution in [0.4, 0.5) is 4.39 Å². The van der Waals surface area contributed by atoms with Gasteiger partial charge in [0.15, 0.2) is 0 Å². The van der Waals surface area contributed by atoms with Gasteiger partial charge in [0.25, 0.3) is 0 Å². The minimum absolute atomic E-state index is 0.0482. The quantitative estimate of drug-likeness (QED) is 0.872. The van der Waals surface area contributed by atoms with Crippen molar-refractivity contribution in [1.29, 1.82) is 0 Å². The molecule has 2 aromatic rings. The zero-order chi connectivity index (χ0) is 16.1. The zero-order valence-corrected chi connectivity index (χ0v) is 14.6. The first-order valence-electron chi connectivity index (χ1n) is 7.10. The average molecular weight is 367 g/mol. The van der Waals surface area contributed by atoms with E-state index in [1.54, 1.807) is 35.2 Å². The summed E-state index contributed by atoms with van der Waals surface area (Å²) in [5, 5.41) is 5.01. The summed E-state index contributed by atoms with van der Waals surface area (Å²) < 4.78 is 14.1. The number of nitrogens with zero attached hydrogens (tertiary/aromatic N) is 1. The second kappa shape index (κ2) is 7.99. The number of thioether (sulfide) groups is 2. The Morgan fingerprint density at radius 2 is 2.17 bits per heavy atom. The van der Waals surface area contributed by atoms with Crippen LogP contribution in [0.3, 0.4) is 0 Å². The first kappa shape index (κ1) is 16.5. The summed E-state index contributed by atoms with van der Waals surface area (Å²) in [7, 11) is 0. The van der Waals surface area contributed by atoms with Crippen LogP contribution in [-0.4, -0.2) is 28.3 Å². The highest BCUT2D eigenvalue weighted by Crippen LogP contribution is 2.27. The molecule has 0 radical (unpaired) electrons. The van der Waals surface area contributed by atoms with E-state index in [2.05, 4.69) is 10.3 Å². The van der Waals surface area contributed by atoms with Gasteiger partial charge in [0.2, 0.25) is 5.91 Å². The number of hydrogen-bond acceptors (Lipinski definition) is 5. The Labute approximate surface area is 146 Å². The Kier molecular flexibility index (Phi) is 5.75. The van der Waals surface area contributed by atoms with Gasteiger partial charge < -0.3 is 5.32 Å². The molecule has 1 aromatic heterocycles. The van der Waals surface area contributed by atoms with Gasteiger partial charge in [-0.05, 0) is 29.1 Å². The number of thiophene rings is 1. The smallest absolute Gasteiger partial charge is 0.231 e. The summed E-state index contributed by atoms with van der Waals surface area (Å²) in [5.74, 6) is 1.01. The van der Waals surface area contributed by atoms with E-state index in [0.717, 1.165) is 27.1 Å². The predicted octanol–water partition coefficient (Wildman–Crippen LogP) is 3.93. The lowest BCUT2D eigenvalue weighted by molar-refractivity contribution is -0.119. The SMILES string of the molecule is O=C(CSC1=NCCS1)N[C@H](c1ccc(F)cc1)c1cccs1. The third-order valence-corrected chi connectivity index (χ3v) is 6.41. The second-order valence-corrected chi connectivity index (χ2v) is 8.14. The maximum absolute atomic E-state index is 13.1. The van der Waals surface area contributed by atoms with Gasteiger partial charge in [-0.25, -0.2) is 4.39 Å². The molecule has 1 atom stereocenters. The van der Waals surface area contributed by atoms with E-state index in [1.807, 2.05) is 17.5 Å². The highest BCUT2D eigenvalue weighted by molar-refractivity contribution is 8.39. The molecular weight excluding hydrogens is 351 g/mol. The molecular formula is C16H15FN2OS3. The molecule has 0 saturated heterocycles. The molecule has 1 N–H and O–H groups in total. The van der Waals surface area contributed by atoms with E-state index in [-0.39, 0.29) is 17.8 Å². The lowest BCUT2D eigenvalue weighted by Crippen LogP contribution is -2.30. The van der Waals surface area contributed by atoms with Crippen molar-refractivity contribution in [3.8, 4) is 0 Å². The zero-order valence-electron chi connectivity index (χ0n) is 12.2. The Hall–Kier alpha value is -1.31. The molecule has 0 saturated carbocycles. The molecule has 0 fully saturated rings. The molecule has 120 valence electrons. The Morgan fingerprint density at radius 1 is 1.35 bits per heavy atom. The number of amides is 1. The number of carbonyl (C=O) groups excluding carboxylic acids is 1. The Morgan fingerprint density at radius 3 is 2.83 bits per heavy atom. The van der Waals surface area contributed by atoms with E-state index < -0.39 is 0 Å². The summed E-state index contributed by atoms with van der Waals surface area (Å²) in [4.78, 5) is 17.6. The molecule has 7 heteroatoms. The number of hydrogen-bond donors (Lipinski definition) is 1. The van der Waals surface area contributed by atoms with E-state index in [1.165, 1.54) is 23.9 Å². The number of aliphatic imine (C=N–C) groups is 1. The van der Waals surface area contributed by atoms with Crippen LogP contribution >= 0.6 is 34.9 Å². The molecule has 2 heterocycles. The lowest BCUT2D eigenvalue weighted by atomic mass is 10.1. The molecule has 1 aliphatic rings. The van der Waals surface area contributed by atoms with Crippen LogP contribution in [0.2, 0.25) is 0 Å². The average Bonchev–Trinajstić information content (AvgIpc) is 3.25. The second-order valence-electron chi connectivity index (χ2n) is 4.85. The molecule has 1 aromatic carbocycles. The van der Waals surface area contributed by atoms with Gasteiger partial charge in [-0.2, -0.15) is 0 Å². The first-order valence-corrected chi connectivity index (χ1v) is 9.96. The number of carbonyl (C=O) groups is 1. The van der Waals surface area contributed by atoms with Crippen LogP contribution in [-0.2, 0) is 4.79 Å². The topological polar surface area (TPSA) is 41.5 Å². The van der Waals surface area contributed by atoms with Crippen molar-refractivity contribution in [2.24, 2.45) is 4.99 Å². The van der Waals surface area contributed by atoms with Crippen molar-refractivity contribution >= 4 is 45.1 Å². The van der Waals surface area contributed by atoms with Crippen LogP contribution < -0.4 is 5.32 Å². The maximum atomic E-state index is 13.1. The van der Waals surface area contributed by atoms with E-state index in [4.69, 9.17) is 0 Å². The minimum Gasteiger partial charge on any atom is -0.344 e. The van der Waals surface area contributed by atoms with Crippen molar-refractivity contribution in [2.75, 3.05) is 18.1 Å². The minimum atomic E-state index is -0.281. The van der Waals surface area contributed by atoms with Crippen molar-refractivity contribution in [3.63, 3.8) is 0 Å². The number of rotatable bonds is 5. The van der Waals surface area contributed by atoms with Crippen LogP contribution in [0.1, 0.15) is 16.5 Å². The summed E-state index contributed by atoms with van der Waals surface area (Å²) in [5.41, 5.74) is 0.875. The van der Waals surface area contributed by atoms with Crippen LogP contribution in [0.5, 0.6) is 0 Å². The molecule has 0 aliphatic carbocycles. The monoisotopic (exact) mass is 366 g/mol. The molecule has 0 bridgehead atoms. The third-order valence-electron chi connectivity index (χ3n) is 3.22. The van der Waals surface area contributed by atoms with Crippen molar-refractivity contribution in [3.05, 3.63) is 58.0 Å². The van der Waals surface area contributed by atoms with Crippen molar-refractivity contribution in [1.82, 2.24) is 5.32 Å². The van der Waals surface area contributed by atoms with E-state index in [0.29, 0.717) is 5.75 Å². The standard InChI is InChI=1S/C16H15FN2OS3/c17-12-5-3-11(4-6-12)15(13-2-1-8-21-13)19-14(20)10-23-16-18-7-9-22-16/h1-6,8,15H,7,9-10H2,(H,19,20)/t15-/m1/s1. The normalized spacial score (nSPS) is 15.3. The highest BCUT2D eigenvalue weighted by Gasteiger charge is 2.19. The third kappa shape index (κ3) is 4.59. The van der Waals surface area contributed by atoms with E-state index >= 15 is 0 Å².